The lowest BCUT2D eigenvalue weighted by atomic mass is 9.85. The molecule has 1 N–H and O–H groups in total. The standard InChI is InChI=1S/C28H28N6O3/c1-19-27-22(21-9-5-6-10-23(21)37-18-20-7-3-2-4-8-20)17-26(35)29-28(27)34(32-19)25-12-11-24(30-31-25)33-13-15-36-16-14-33/h2-12,22H,13-18H2,1H3,(H,29,35)/t22-/m0/s1. The van der Waals surface area contributed by atoms with Gasteiger partial charge < -0.3 is 19.7 Å². The normalized spacial score (nSPS) is 17.3. The smallest absolute Gasteiger partial charge is 0.226 e. The summed E-state index contributed by atoms with van der Waals surface area (Å²) < 4.78 is 13.3. The number of aryl methyl sites for hydroxylation is 1. The Hall–Kier alpha value is -4.24. The van der Waals surface area contributed by atoms with Crippen molar-refractivity contribution in [3.05, 3.63) is 89.1 Å². The van der Waals surface area contributed by atoms with Crippen LogP contribution < -0.4 is 15.0 Å². The third kappa shape index (κ3) is 4.65. The molecule has 37 heavy (non-hydrogen) atoms. The molecule has 0 saturated carbocycles. The molecular weight excluding hydrogens is 468 g/mol. The quantitative estimate of drug-likeness (QED) is 0.433. The van der Waals surface area contributed by atoms with E-state index in [4.69, 9.17) is 14.6 Å². The number of morpholine rings is 1. The molecular formula is C28H28N6O3. The highest BCUT2D eigenvalue weighted by atomic mass is 16.5. The lowest BCUT2D eigenvalue weighted by Gasteiger charge is -2.27. The fraction of sp³-hybridized carbons (Fsp3) is 0.286. The van der Waals surface area contributed by atoms with Crippen LogP contribution in [0.2, 0.25) is 0 Å². The molecule has 4 heterocycles. The molecule has 2 aromatic heterocycles. The van der Waals surface area contributed by atoms with Crippen molar-refractivity contribution in [1.29, 1.82) is 0 Å². The van der Waals surface area contributed by atoms with Gasteiger partial charge in [0.15, 0.2) is 11.6 Å². The first-order chi connectivity index (χ1) is 18.2. The number of para-hydroxylation sites is 1. The molecule has 0 aliphatic carbocycles. The van der Waals surface area contributed by atoms with Crippen molar-refractivity contribution in [2.45, 2.75) is 25.9 Å². The predicted molar refractivity (Wildman–Crippen MR) is 139 cm³/mol. The van der Waals surface area contributed by atoms with E-state index in [-0.39, 0.29) is 11.8 Å². The van der Waals surface area contributed by atoms with E-state index in [9.17, 15) is 4.79 Å². The van der Waals surface area contributed by atoms with Crippen LogP contribution in [0, 0.1) is 6.92 Å². The van der Waals surface area contributed by atoms with E-state index in [2.05, 4.69) is 20.4 Å². The van der Waals surface area contributed by atoms with Crippen molar-refractivity contribution in [2.75, 3.05) is 36.5 Å². The molecule has 4 aromatic rings. The first-order valence-electron chi connectivity index (χ1n) is 12.5. The average molecular weight is 497 g/mol. The molecule has 6 rings (SSSR count). The van der Waals surface area contributed by atoms with Crippen molar-refractivity contribution in [2.24, 2.45) is 0 Å². The number of ether oxygens (including phenoxy) is 2. The number of hydrogen-bond donors (Lipinski definition) is 1. The molecule has 2 aromatic carbocycles. The van der Waals surface area contributed by atoms with Crippen LogP contribution in [-0.4, -0.2) is 52.2 Å². The number of anilines is 2. The molecule has 0 bridgehead atoms. The number of amides is 1. The van der Waals surface area contributed by atoms with Crippen LogP contribution in [0.5, 0.6) is 5.75 Å². The van der Waals surface area contributed by atoms with Crippen molar-refractivity contribution >= 4 is 17.5 Å². The zero-order chi connectivity index (χ0) is 25.2. The zero-order valence-electron chi connectivity index (χ0n) is 20.6. The highest BCUT2D eigenvalue weighted by Gasteiger charge is 2.34. The Balaban J connectivity index is 1.32. The number of hydrogen-bond acceptors (Lipinski definition) is 7. The molecule has 0 radical (unpaired) electrons. The lowest BCUT2D eigenvalue weighted by Crippen LogP contribution is -2.36. The van der Waals surface area contributed by atoms with Gasteiger partial charge in [-0.15, -0.1) is 10.2 Å². The first kappa shape index (κ1) is 23.2. The van der Waals surface area contributed by atoms with Gasteiger partial charge in [0, 0.05) is 36.6 Å². The van der Waals surface area contributed by atoms with Crippen LogP contribution in [-0.2, 0) is 16.1 Å². The summed E-state index contributed by atoms with van der Waals surface area (Å²) in [6.07, 6.45) is 0.312. The Morgan fingerprint density at radius 3 is 2.49 bits per heavy atom. The number of aromatic nitrogens is 4. The van der Waals surface area contributed by atoms with Gasteiger partial charge in [0.2, 0.25) is 5.91 Å². The van der Waals surface area contributed by atoms with Crippen molar-refractivity contribution in [3.63, 3.8) is 0 Å². The molecule has 2 aliphatic heterocycles. The zero-order valence-corrected chi connectivity index (χ0v) is 20.6. The van der Waals surface area contributed by atoms with E-state index in [1.54, 1.807) is 4.68 Å². The maximum absolute atomic E-state index is 12.9. The van der Waals surface area contributed by atoms with Gasteiger partial charge in [-0.2, -0.15) is 9.78 Å². The number of nitrogens with zero attached hydrogens (tertiary/aromatic N) is 5. The van der Waals surface area contributed by atoms with Gasteiger partial charge in [-0.3, -0.25) is 4.79 Å². The number of carbonyl (C=O) groups is 1. The summed E-state index contributed by atoms with van der Waals surface area (Å²) in [5, 5.41) is 16.7. The van der Waals surface area contributed by atoms with Crippen LogP contribution in [0.15, 0.2) is 66.7 Å². The summed E-state index contributed by atoms with van der Waals surface area (Å²) in [7, 11) is 0. The average Bonchev–Trinajstić information content (AvgIpc) is 3.28. The minimum absolute atomic E-state index is 0.0746. The fourth-order valence-corrected chi connectivity index (χ4v) is 5.01. The number of benzene rings is 2. The summed E-state index contributed by atoms with van der Waals surface area (Å²) in [5.74, 6) is 2.48. The molecule has 1 amide bonds. The second-order valence-corrected chi connectivity index (χ2v) is 9.23. The molecule has 1 atom stereocenters. The molecule has 0 unspecified atom stereocenters. The van der Waals surface area contributed by atoms with Gasteiger partial charge >= 0.3 is 0 Å². The highest BCUT2D eigenvalue weighted by Crippen LogP contribution is 2.43. The SMILES string of the molecule is Cc1nn(-c2ccc(N3CCOCC3)nn2)c2c1[C@H](c1ccccc1OCc1ccccc1)CC(=O)N2. The third-order valence-corrected chi connectivity index (χ3v) is 6.82. The van der Waals surface area contributed by atoms with Crippen molar-refractivity contribution < 1.29 is 14.3 Å². The highest BCUT2D eigenvalue weighted by molar-refractivity contribution is 5.95. The fourth-order valence-electron chi connectivity index (χ4n) is 5.01. The number of rotatable bonds is 6. The van der Waals surface area contributed by atoms with Gasteiger partial charge in [0.1, 0.15) is 18.2 Å². The lowest BCUT2D eigenvalue weighted by molar-refractivity contribution is -0.116. The molecule has 188 valence electrons. The van der Waals surface area contributed by atoms with Crippen LogP contribution in [0.25, 0.3) is 5.82 Å². The second-order valence-electron chi connectivity index (χ2n) is 9.23. The first-order valence-corrected chi connectivity index (χ1v) is 12.5. The summed E-state index contributed by atoms with van der Waals surface area (Å²) >= 11 is 0. The van der Waals surface area contributed by atoms with Gasteiger partial charge in [-0.1, -0.05) is 48.5 Å². The minimum atomic E-state index is -0.190. The molecule has 1 saturated heterocycles. The van der Waals surface area contributed by atoms with Crippen molar-refractivity contribution in [1.82, 2.24) is 20.0 Å². The summed E-state index contributed by atoms with van der Waals surface area (Å²) in [5.41, 5.74) is 3.85. The van der Waals surface area contributed by atoms with Gasteiger partial charge in [0.05, 0.1) is 18.9 Å². The maximum Gasteiger partial charge on any atom is 0.226 e. The molecule has 9 heteroatoms. The van der Waals surface area contributed by atoms with E-state index in [0.717, 1.165) is 47.0 Å². The molecule has 1 fully saturated rings. The molecule has 9 nitrogen and oxygen atoms in total. The van der Waals surface area contributed by atoms with Gasteiger partial charge in [-0.05, 0) is 30.7 Å². The Bertz CT molecular complexity index is 1400. The van der Waals surface area contributed by atoms with Crippen molar-refractivity contribution in [3.8, 4) is 11.6 Å². The van der Waals surface area contributed by atoms with E-state index < -0.39 is 0 Å². The Kier molecular flexibility index (Phi) is 6.28. The molecule has 0 spiro atoms. The predicted octanol–water partition coefficient (Wildman–Crippen LogP) is 3.86. The Morgan fingerprint density at radius 2 is 1.70 bits per heavy atom. The number of nitrogens with one attached hydrogen (secondary N) is 1. The largest absolute Gasteiger partial charge is 0.489 e. The van der Waals surface area contributed by atoms with E-state index in [0.29, 0.717) is 37.9 Å². The van der Waals surface area contributed by atoms with Crippen LogP contribution in [0.1, 0.15) is 34.7 Å². The van der Waals surface area contributed by atoms with Crippen LogP contribution in [0.4, 0.5) is 11.6 Å². The number of carbonyl (C=O) groups excluding carboxylic acids is 1. The molecule has 2 aliphatic rings. The third-order valence-electron chi connectivity index (χ3n) is 6.82. The topological polar surface area (TPSA) is 94.4 Å². The summed E-state index contributed by atoms with van der Waals surface area (Å²) in [6.45, 7) is 5.34. The Labute approximate surface area is 215 Å². The van der Waals surface area contributed by atoms with Gasteiger partial charge in [0.25, 0.3) is 0 Å². The Morgan fingerprint density at radius 1 is 0.973 bits per heavy atom. The van der Waals surface area contributed by atoms with Crippen LogP contribution >= 0.6 is 0 Å². The summed E-state index contributed by atoms with van der Waals surface area (Å²) in [4.78, 5) is 15.1. The minimum Gasteiger partial charge on any atom is -0.489 e. The monoisotopic (exact) mass is 496 g/mol. The summed E-state index contributed by atoms with van der Waals surface area (Å²) in [6, 6.07) is 21.8. The van der Waals surface area contributed by atoms with Crippen LogP contribution in [0.3, 0.4) is 0 Å². The van der Waals surface area contributed by atoms with E-state index >= 15 is 0 Å². The van der Waals surface area contributed by atoms with E-state index in [1.807, 2.05) is 73.7 Å². The number of fused-ring (bicyclic) bond motifs is 1. The second kappa shape index (κ2) is 10.0. The van der Waals surface area contributed by atoms with E-state index in [1.165, 1.54) is 0 Å². The maximum atomic E-state index is 12.9. The van der Waals surface area contributed by atoms with Gasteiger partial charge in [-0.25, -0.2) is 0 Å².